The summed E-state index contributed by atoms with van der Waals surface area (Å²) in [6, 6.07) is -1.43. The molecule has 6 amide bonds. The van der Waals surface area contributed by atoms with Crippen molar-refractivity contribution in [1.82, 2.24) is 31.1 Å². The first-order chi connectivity index (χ1) is 28.7. The van der Waals surface area contributed by atoms with Gasteiger partial charge in [-0.2, -0.15) is 0 Å². The third-order valence-electron chi connectivity index (χ3n) is 10.5. The molecule has 1 aliphatic rings. The van der Waals surface area contributed by atoms with Gasteiger partial charge < -0.3 is 51.5 Å². The molecule has 0 spiro atoms. The molecule has 5 atom stereocenters. The van der Waals surface area contributed by atoms with Crippen molar-refractivity contribution in [3.05, 3.63) is 41.5 Å². The second-order valence-corrected chi connectivity index (χ2v) is 15.7. The number of phenols is 1. The highest BCUT2D eigenvalue weighted by Gasteiger charge is 2.34. The summed E-state index contributed by atoms with van der Waals surface area (Å²) in [6.07, 6.45) is 5.50. The zero-order chi connectivity index (χ0) is 45.7. The zero-order valence-corrected chi connectivity index (χ0v) is 35.3. The van der Waals surface area contributed by atoms with Crippen molar-refractivity contribution in [3.63, 3.8) is 0 Å². The number of nitrogens with zero attached hydrogens (tertiary/aromatic N) is 3. The lowest BCUT2D eigenvalue weighted by atomic mass is 9.93. The highest BCUT2D eigenvalue weighted by molar-refractivity contribution is 5.96. The molecule has 9 N–H and O–H groups in total. The van der Waals surface area contributed by atoms with Gasteiger partial charge >= 0.3 is 5.97 Å². The quantitative estimate of drug-likeness (QED) is 0.0736. The molecular weight excluding hydrogens is 798 g/mol. The number of aliphatic hydroxyl groups excluding tert-OH is 1. The number of amides is 6. The van der Waals surface area contributed by atoms with Crippen LogP contribution in [0.2, 0.25) is 0 Å². The van der Waals surface area contributed by atoms with Gasteiger partial charge in [-0.05, 0) is 61.1 Å². The molecule has 0 saturated heterocycles. The Kier molecular flexibility index (Phi) is 18.3. The van der Waals surface area contributed by atoms with Gasteiger partial charge in [-0.25, -0.2) is 4.79 Å². The van der Waals surface area contributed by atoms with Gasteiger partial charge in [-0.1, -0.05) is 63.8 Å². The molecule has 3 rings (SSSR count). The summed E-state index contributed by atoms with van der Waals surface area (Å²) in [5.41, 5.74) is -1.27. The Hall–Kier alpha value is -5.99. The summed E-state index contributed by atoms with van der Waals surface area (Å²) < 4.78 is 0. The minimum atomic E-state index is -1.63. The number of carboxylic acids is 1. The van der Waals surface area contributed by atoms with E-state index in [0.717, 1.165) is 54.0 Å². The number of aliphatic hydroxyl groups is 1. The van der Waals surface area contributed by atoms with Crippen LogP contribution < -0.4 is 31.6 Å². The molecule has 1 heterocycles. The largest absolute Gasteiger partial charge is 0.871 e. The standard InChI is InChI=1S/C41H59N7O13/c1-22(2)12-10-8-7-9-11-13-33(51)46(5)31(21-49)39(56)43-23(3)37(54)42-20-34(52)47(6)35-26-14-15-32(50)27(19-26)28-16-25(18-30(36(28)53)48(60)61)17-29(41(58)59)45-38(55)24(4)44-40(35)57/h14-16,18-19,22-24,29,31,35,49-50,53,60-61H,7-13,17,20-21H2,1-6H3,(H,42,54)(H,43,56)(H,44,57)(H,45,55)(H,58,59)/p-1/t23-,24+,29-,31-,35-/m1/s1. The van der Waals surface area contributed by atoms with Crippen molar-refractivity contribution in [2.75, 3.05) is 32.5 Å². The average Bonchev–Trinajstić information content (AvgIpc) is 3.19. The Bertz CT molecular complexity index is 1920. The first-order valence-corrected chi connectivity index (χ1v) is 20.1. The lowest BCUT2D eigenvalue weighted by molar-refractivity contribution is -0.267. The number of phenolic OH excluding ortho intramolecular Hbond substituents is 1. The number of rotatable bonds is 18. The van der Waals surface area contributed by atoms with Gasteiger partial charge in [-0.3, -0.25) is 39.2 Å². The van der Waals surface area contributed by atoms with Crippen LogP contribution in [0.4, 0.5) is 5.69 Å². The van der Waals surface area contributed by atoms with Crippen LogP contribution in [0.5, 0.6) is 11.5 Å². The van der Waals surface area contributed by atoms with E-state index in [9.17, 15) is 64.4 Å². The van der Waals surface area contributed by atoms with E-state index in [4.69, 9.17) is 0 Å². The third kappa shape index (κ3) is 13.5. The number of benzene rings is 2. The molecule has 2 aromatic rings. The number of carbonyl (C=O) groups excluding carboxylic acids is 6. The normalized spacial score (nSPS) is 17.5. The smallest absolute Gasteiger partial charge is 0.326 e. The van der Waals surface area contributed by atoms with E-state index in [1.807, 2.05) is 0 Å². The molecule has 0 radical (unpaired) electrons. The Morgan fingerprint density at radius 1 is 0.885 bits per heavy atom. The summed E-state index contributed by atoms with van der Waals surface area (Å²) in [5, 5.41) is 72.8. The van der Waals surface area contributed by atoms with Gasteiger partial charge in [0, 0.05) is 32.5 Å². The molecule has 20 nitrogen and oxygen atoms in total. The van der Waals surface area contributed by atoms with Gasteiger partial charge in [0.05, 0.1) is 18.8 Å². The minimum Gasteiger partial charge on any atom is -0.871 e. The lowest BCUT2D eigenvalue weighted by Gasteiger charge is -2.31. The molecule has 61 heavy (non-hydrogen) atoms. The maximum Gasteiger partial charge on any atom is 0.326 e. The van der Waals surface area contributed by atoms with Crippen LogP contribution in [0, 0.1) is 5.92 Å². The number of fused-ring (bicyclic) bond motifs is 5. The van der Waals surface area contributed by atoms with Crippen molar-refractivity contribution < 1.29 is 64.4 Å². The van der Waals surface area contributed by atoms with E-state index in [1.165, 1.54) is 46.1 Å². The van der Waals surface area contributed by atoms with Crippen molar-refractivity contribution in [2.45, 2.75) is 109 Å². The lowest BCUT2D eigenvalue weighted by Crippen LogP contribution is -2.55. The number of anilines is 1. The predicted molar refractivity (Wildman–Crippen MR) is 217 cm³/mol. The Balaban J connectivity index is 1.80. The van der Waals surface area contributed by atoms with Crippen molar-refractivity contribution in [1.29, 1.82) is 0 Å². The van der Waals surface area contributed by atoms with Crippen LogP contribution in [0.25, 0.3) is 11.1 Å². The first kappa shape index (κ1) is 49.4. The first-order valence-electron chi connectivity index (χ1n) is 20.1. The molecule has 2 aromatic carbocycles. The fourth-order valence-corrected chi connectivity index (χ4v) is 6.77. The fraction of sp³-hybridized carbons (Fsp3) is 0.537. The SMILES string of the molecule is CC(C)CCCCCCCC(=O)N(C)[C@H](CO)C(=O)N[C@H](C)C(=O)NCC(=O)N(C)[C@H]1C(=O)N[C@@H](C)C(=O)N[C@@H](C(=O)O)Cc2cc(c([O-])c(N(O)O)c2)-c2cc1ccc2O. The molecule has 0 aromatic heterocycles. The number of likely N-dealkylation sites (N-methyl/N-ethyl adjacent to an activating group) is 2. The molecule has 1 aliphatic heterocycles. The third-order valence-corrected chi connectivity index (χ3v) is 10.5. The van der Waals surface area contributed by atoms with E-state index >= 15 is 0 Å². The molecule has 0 saturated carbocycles. The number of aromatic hydroxyl groups is 1. The molecule has 0 fully saturated rings. The van der Waals surface area contributed by atoms with Crippen molar-refractivity contribution in [2.24, 2.45) is 5.92 Å². The molecular formula is C41H58N7O13-. The van der Waals surface area contributed by atoms with Crippen LogP contribution in [0.15, 0.2) is 30.3 Å². The van der Waals surface area contributed by atoms with Gasteiger partial charge in [0.2, 0.25) is 35.4 Å². The highest BCUT2D eigenvalue weighted by atomic mass is 16.8. The van der Waals surface area contributed by atoms with Gasteiger partial charge in [0.25, 0.3) is 0 Å². The average molecular weight is 857 g/mol. The number of hydrogen-bond donors (Lipinski definition) is 9. The van der Waals surface area contributed by atoms with E-state index in [1.54, 1.807) is 0 Å². The van der Waals surface area contributed by atoms with Crippen LogP contribution in [0.3, 0.4) is 0 Å². The summed E-state index contributed by atoms with van der Waals surface area (Å²) in [6.45, 7) is 5.48. The topological polar surface area (TPSA) is 302 Å². The Morgan fingerprint density at radius 3 is 2.16 bits per heavy atom. The maximum absolute atomic E-state index is 13.9. The van der Waals surface area contributed by atoms with Crippen LogP contribution >= 0.6 is 0 Å². The number of carbonyl (C=O) groups is 7. The van der Waals surface area contributed by atoms with Crippen molar-refractivity contribution in [3.8, 4) is 22.6 Å². The monoisotopic (exact) mass is 856 g/mol. The highest BCUT2D eigenvalue weighted by Crippen LogP contribution is 2.41. The van der Waals surface area contributed by atoms with E-state index in [2.05, 4.69) is 35.1 Å². The van der Waals surface area contributed by atoms with Crippen LogP contribution in [-0.2, 0) is 40.0 Å². The second-order valence-electron chi connectivity index (χ2n) is 15.7. The number of nitrogens with one attached hydrogen (secondary N) is 4. The number of carboxylic acid groups (broad SMARTS) is 1. The Labute approximate surface area is 353 Å². The summed E-state index contributed by atoms with van der Waals surface area (Å²) >= 11 is 0. The molecule has 336 valence electrons. The van der Waals surface area contributed by atoms with Crippen LogP contribution in [0.1, 0.15) is 89.8 Å². The fourth-order valence-electron chi connectivity index (χ4n) is 6.77. The summed E-state index contributed by atoms with van der Waals surface area (Å²) in [7, 11) is 2.58. The summed E-state index contributed by atoms with van der Waals surface area (Å²) in [5.74, 6) is -7.15. The zero-order valence-electron chi connectivity index (χ0n) is 35.3. The van der Waals surface area contributed by atoms with E-state index in [-0.39, 0.29) is 34.6 Å². The number of hydrogen-bond acceptors (Lipinski definition) is 13. The minimum absolute atomic E-state index is 0.00672. The van der Waals surface area contributed by atoms with Crippen LogP contribution in [-0.4, -0.2) is 128 Å². The Morgan fingerprint density at radius 2 is 1.54 bits per heavy atom. The second kappa shape index (κ2) is 22.6. The molecule has 4 bridgehead atoms. The van der Waals surface area contributed by atoms with E-state index < -0.39 is 108 Å². The van der Waals surface area contributed by atoms with Gasteiger partial charge in [0.1, 0.15) is 36.0 Å². The van der Waals surface area contributed by atoms with Gasteiger partial charge in [0.15, 0.2) is 0 Å². The number of unbranched alkanes of at least 4 members (excludes halogenated alkanes) is 4. The number of aliphatic carboxylic acids is 1. The van der Waals surface area contributed by atoms with E-state index in [0.29, 0.717) is 12.3 Å². The summed E-state index contributed by atoms with van der Waals surface area (Å²) in [4.78, 5) is 93.8. The van der Waals surface area contributed by atoms with Gasteiger partial charge in [-0.15, -0.1) is 5.23 Å². The molecule has 0 unspecified atom stereocenters. The molecule has 20 heteroatoms. The predicted octanol–water partition coefficient (Wildman–Crippen LogP) is 0.674. The molecule has 0 aliphatic carbocycles. The maximum atomic E-state index is 13.9. The van der Waals surface area contributed by atoms with Crippen molar-refractivity contribution >= 4 is 47.1 Å².